The first-order chi connectivity index (χ1) is 16.9. The van der Waals surface area contributed by atoms with Gasteiger partial charge in [-0.1, -0.05) is 30.3 Å². The number of carbonyl (C=O) groups excluding carboxylic acids is 4. The Morgan fingerprint density at radius 3 is 2.46 bits per heavy atom. The number of nitrogens with one attached hydrogen (secondary N) is 1. The van der Waals surface area contributed by atoms with E-state index in [9.17, 15) is 23.6 Å². The molecule has 1 saturated heterocycles. The molecular formula is C26H19FN2O6. The standard InChI is InChI=1S/C26H19FN2O6/c1-34-25(32)17-9-11-20(12-10-17)29-24(31)21(23(30)28-26(29)33)14-18-6-2-3-8-22(18)35-15-16-5-4-7-19(27)13-16/h2-14H,15H2,1H3,(H,28,30,33)/b21-14-. The normalized spacial score (nSPS) is 14.6. The van der Waals surface area contributed by atoms with Crippen LogP contribution in [-0.2, 0) is 20.9 Å². The third kappa shape index (κ3) is 5.09. The van der Waals surface area contributed by atoms with Crippen LogP contribution in [0.3, 0.4) is 0 Å². The molecule has 3 aromatic carbocycles. The van der Waals surface area contributed by atoms with Gasteiger partial charge in [-0.05, 0) is 54.1 Å². The lowest BCUT2D eigenvalue weighted by atomic mass is 10.1. The minimum atomic E-state index is -0.918. The number of ether oxygens (including phenoxy) is 2. The van der Waals surface area contributed by atoms with Gasteiger partial charge in [0.15, 0.2) is 0 Å². The van der Waals surface area contributed by atoms with Crippen molar-refractivity contribution >= 4 is 35.6 Å². The summed E-state index contributed by atoms with van der Waals surface area (Å²) in [4.78, 5) is 50.6. The first kappa shape index (κ1) is 23.4. The minimum Gasteiger partial charge on any atom is -0.488 e. The second-order valence-electron chi connectivity index (χ2n) is 7.45. The van der Waals surface area contributed by atoms with E-state index in [0.717, 1.165) is 4.90 Å². The number of barbiturate groups is 1. The van der Waals surface area contributed by atoms with E-state index in [0.29, 0.717) is 16.9 Å². The van der Waals surface area contributed by atoms with Crippen molar-refractivity contribution in [3.05, 3.63) is 101 Å². The maximum absolute atomic E-state index is 13.5. The van der Waals surface area contributed by atoms with Crippen LogP contribution >= 0.6 is 0 Å². The van der Waals surface area contributed by atoms with Crippen LogP contribution in [0.4, 0.5) is 14.9 Å². The number of hydrogen-bond donors (Lipinski definition) is 1. The monoisotopic (exact) mass is 474 g/mol. The highest BCUT2D eigenvalue weighted by atomic mass is 19.1. The molecule has 4 rings (SSSR count). The highest BCUT2D eigenvalue weighted by molar-refractivity contribution is 6.39. The number of benzene rings is 3. The molecule has 9 heteroatoms. The molecule has 8 nitrogen and oxygen atoms in total. The highest BCUT2D eigenvalue weighted by Crippen LogP contribution is 2.26. The zero-order valence-electron chi connectivity index (χ0n) is 18.5. The summed E-state index contributed by atoms with van der Waals surface area (Å²) < 4.78 is 23.9. The van der Waals surface area contributed by atoms with Gasteiger partial charge < -0.3 is 9.47 Å². The molecule has 176 valence electrons. The number of halogens is 1. The summed E-state index contributed by atoms with van der Waals surface area (Å²) >= 11 is 0. The number of esters is 1. The van der Waals surface area contributed by atoms with Gasteiger partial charge in [0, 0.05) is 5.56 Å². The van der Waals surface area contributed by atoms with Gasteiger partial charge in [0.05, 0.1) is 18.4 Å². The summed E-state index contributed by atoms with van der Waals surface area (Å²) in [7, 11) is 1.24. The number of anilines is 1. The predicted molar refractivity (Wildman–Crippen MR) is 124 cm³/mol. The Morgan fingerprint density at radius 1 is 1.00 bits per heavy atom. The molecule has 1 aliphatic rings. The van der Waals surface area contributed by atoms with Crippen LogP contribution in [0.25, 0.3) is 6.08 Å². The summed E-state index contributed by atoms with van der Waals surface area (Å²) in [5, 5.41) is 2.15. The molecule has 0 radical (unpaired) electrons. The van der Waals surface area contributed by atoms with E-state index in [-0.39, 0.29) is 23.4 Å². The molecule has 0 bridgehead atoms. The lowest BCUT2D eigenvalue weighted by molar-refractivity contribution is -0.122. The Morgan fingerprint density at radius 2 is 1.74 bits per heavy atom. The van der Waals surface area contributed by atoms with Gasteiger partial charge in [0.2, 0.25) is 0 Å². The van der Waals surface area contributed by atoms with E-state index in [1.807, 2.05) is 0 Å². The average Bonchev–Trinajstić information content (AvgIpc) is 2.85. The van der Waals surface area contributed by atoms with Gasteiger partial charge in [-0.15, -0.1) is 0 Å². The SMILES string of the molecule is COC(=O)c1ccc(N2C(=O)NC(=O)/C(=C/c3ccccc3OCc3cccc(F)c3)C2=O)cc1. The van der Waals surface area contributed by atoms with Crippen LogP contribution in [0.15, 0.2) is 78.4 Å². The number of hydrogen-bond acceptors (Lipinski definition) is 6. The van der Waals surface area contributed by atoms with Crippen molar-refractivity contribution in [2.75, 3.05) is 12.0 Å². The molecule has 4 amide bonds. The van der Waals surface area contributed by atoms with Crippen molar-refractivity contribution in [1.82, 2.24) is 5.32 Å². The van der Waals surface area contributed by atoms with Crippen LogP contribution in [0.2, 0.25) is 0 Å². The zero-order chi connectivity index (χ0) is 24.9. The minimum absolute atomic E-state index is 0.0647. The van der Waals surface area contributed by atoms with Crippen LogP contribution in [0.1, 0.15) is 21.5 Å². The molecular weight excluding hydrogens is 455 g/mol. The molecule has 3 aromatic rings. The van der Waals surface area contributed by atoms with E-state index in [4.69, 9.17) is 4.74 Å². The number of carbonyl (C=O) groups is 4. The smallest absolute Gasteiger partial charge is 0.337 e. The average molecular weight is 474 g/mol. The zero-order valence-corrected chi connectivity index (χ0v) is 18.5. The van der Waals surface area contributed by atoms with E-state index >= 15 is 0 Å². The maximum atomic E-state index is 13.5. The van der Waals surface area contributed by atoms with Crippen molar-refractivity contribution in [3.63, 3.8) is 0 Å². The number of imide groups is 2. The number of rotatable bonds is 6. The summed E-state index contributed by atoms with van der Waals surface area (Å²) in [6.07, 6.45) is 1.32. The van der Waals surface area contributed by atoms with Crippen LogP contribution < -0.4 is 15.0 Å². The molecule has 0 unspecified atom stereocenters. The summed E-state index contributed by atoms with van der Waals surface area (Å²) in [5.41, 5.74) is 1.12. The molecule has 35 heavy (non-hydrogen) atoms. The van der Waals surface area contributed by atoms with Gasteiger partial charge in [-0.3, -0.25) is 14.9 Å². The largest absolute Gasteiger partial charge is 0.488 e. The molecule has 0 spiro atoms. The summed E-state index contributed by atoms with van der Waals surface area (Å²) in [6.45, 7) is 0.0647. The fourth-order valence-electron chi connectivity index (χ4n) is 3.43. The van der Waals surface area contributed by atoms with E-state index < -0.39 is 29.6 Å². The van der Waals surface area contributed by atoms with Crippen molar-refractivity contribution in [1.29, 1.82) is 0 Å². The van der Waals surface area contributed by atoms with Gasteiger partial charge >= 0.3 is 12.0 Å². The fourth-order valence-corrected chi connectivity index (χ4v) is 3.43. The maximum Gasteiger partial charge on any atom is 0.337 e. The lowest BCUT2D eigenvalue weighted by Gasteiger charge is -2.26. The number of amides is 4. The number of methoxy groups -OCH3 is 1. The Labute approximate surface area is 199 Å². The number of nitrogens with zero attached hydrogens (tertiary/aromatic N) is 1. The number of urea groups is 1. The molecule has 1 aliphatic heterocycles. The predicted octanol–water partition coefficient (Wildman–Crippen LogP) is 3.86. The van der Waals surface area contributed by atoms with Crippen LogP contribution in [0.5, 0.6) is 5.75 Å². The molecule has 0 saturated carbocycles. The Balaban J connectivity index is 1.62. The first-order valence-electron chi connectivity index (χ1n) is 10.4. The third-order valence-electron chi connectivity index (χ3n) is 5.15. The van der Waals surface area contributed by atoms with Crippen LogP contribution in [0, 0.1) is 5.82 Å². The second kappa shape index (κ2) is 10.0. The van der Waals surface area contributed by atoms with Crippen molar-refractivity contribution in [2.45, 2.75) is 6.61 Å². The van der Waals surface area contributed by atoms with Gasteiger partial charge in [0.1, 0.15) is 23.7 Å². The Hall–Kier alpha value is -4.79. The third-order valence-corrected chi connectivity index (χ3v) is 5.15. The van der Waals surface area contributed by atoms with Crippen LogP contribution in [-0.4, -0.2) is 30.9 Å². The molecule has 1 N–H and O–H groups in total. The fraction of sp³-hybridized carbons (Fsp3) is 0.0769. The van der Waals surface area contributed by atoms with Crippen molar-refractivity contribution in [2.24, 2.45) is 0 Å². The quantitative estimate of drug-likeness (QED) is 0.331. The molecule has 1 heterocycles. The van der Waals surface area contributed by atoms with Crippen molar-refractivity contribution < 1.29 is 33.0 Å². The topological polar surface area (TPSA) is 102 Å². The van der Waals surface area contributed by atoms with E-state index in [2.05, 4.69) is 10.1 Å². The molecule has 1 fully saturated rings. The summed E-state index contributed by atoms with van der Waals surface area (Å²) in [6, 6.07) is 17.3. The Bertz CT molecular complexity index is 1350. The molecule has 0 aromatic heterocycles. The van der Waals surface area contributed by atoms with E-state index in [1.54, 1.807) is 36.4 Å². The van der Waals surface area contributed by atoms with Crippen molar-refractivity contribution in [3.8, 4) is 5.75 Å². The summed E-state index contributed by atoms with van der Waals surface area (Å²) in [5.74, 6) is -2.31. The first-order valence-corrected chi connectivity index (χ1v) is 10.4. The molecule has 0 atom stereocenters. The second-order valence-corrected chi connectivity index (χ2v) is 7.45. The lowest BCUT2D eigenvalue weighted by Crippen LogP contribution is -2.54. The van der Waals surface area contributed by atoms with Gasteiger partial charge in [-0.2, -0.15) is 0 Å². The van der Waals surface area contributed by atoms with Gasteiger partial charge in [0.25, 0.3) is 11.8 Å². The highest BCUT2D eigenvalue weighted by Gasteiger charge is 2.37. The Kier molecular flexibility index (Phi) is 6.68. The number of para-hydroxylation sites is 1. The van der Waals surface area contributed by atoms with E-state index in [1.165, 1.54) is 49.6 Å². The van der Waals surface area contributed by atoms with Gasteiger partial charge in [-0.25, -0.2) is 18.9 Å². The molecule has 0 aliphatic carbocycles.